The molecule has 6 rings (SSSR count). The molecule has 0 aliphatic carbocycles. The van der Waals surface area contributed by atoms with Crippen LogP contribution in [0.15, 0.2) is 84.9 Å². The van der Waals surface area contributed by atoms with Gasteiger partial charge in [-0.2, -0.15) is 35.5 Å². The van der Waals surface area contributed by atoms with E-state index in [-0.39, 0.29) is 0 Å². The summed E-state index contributed by atoms with van der Waals surface area (Å²) in [6.07, 6.45) is 0. The Balaban J connectivity index is 0.000000217. The molecule has 0 bridgehead atoms. The Morgan fingerprint density at radius 2 is 1.33 bits per heavy atom. The second kappa shape index (κ2) is 15.4. The maximum Gasteiger partial charge on any atom is 0.0920 e. The summed E-state index contributed by atoms with van der Waals surface area (Å²) in [5, 5.41) is 5.61. The average Bonchev–Trinajstić information content (AvgIpc) is 3.59. The van der Waals surface area contributed by atoms with Crippen molar-refractivity contribution < 1.29 is 20.8 Å². The predicted octanol–water partition coefficient (Wildman–Crippen LogP) is 11.2. The van der Waals surface area contributed by atoms with Crippen molar-refractivity contribution in [3.05, 3.63) is 113 Å². The van der Waals surface area contributed by atoms with Crippen LogP contribution in [0.25, 0.3) is 33.0 Å². The van der Waals surface area contributed by atoms with Gasteiger partial charge in [-0.3, -0.25) is 0 Å². The SMILES string of the molecule is CC(C)c1cc(-c2c(C(C)C)ccc3[cH-]c(C(C)C)cc23)cc(C(C)C)c1.[Cl][Zr+2][Cl].[c-]1cccc2c1[Si]c1ccccc1-2. The Labute approximate surface area is 281 Å². The molecule has 0 atom stereocenters. The summed E-state index contributed by atoms with van der Waals surface area (Å²) in [6.45, 7) is 18.4. The maximum absolute atomic E-state index is 4.93. The van der Waals surface area contributed by atoms with Gasteiger partial charge in [-0.15, -0.1) is 40.1 Å². The molecule has 220 valence electrons. The van der Waals surface area contributed by atoms with Gasteiger partial charge in [0, 0.05) is 0 Å². The van der Waals surface area contributed by atoms with Crippen LogP contribution in [0, 0.1) is 6.07 Å². The monoisotopic (exact) mass is 698 g/mol. The van der Waals surface area contributed by atoms with Crippen LogP contribution in [0.4, 0.5) is 0 Å². The molecule has 5 aromatic carbocycles. The van der Waals surface area contributed by atoms with Crippen LogP contribution in [-0.4, -0.2) is 9.52 Å². The number of hydrogen-bond donors (Lipinski definition) is 0. The third kappa shape index (κ3) is 8.07. The Bertz CT molecular complexity index is 1590. The fraction of sp³-hybridized carbons (Fsp3) is 0.308. The minimum absolute atomic E-state index is 0.506. The van der Waals surface area contributed by atoms with Crippen molar-refractivity contribution in [2.24, 2.45) is 0 Å². The molecule has 1 heterocycles. The van der Waals surface area contributed by atoms with Crippen molar-refractivity contribution in [1.29, 1.82) is 0 Å². The van der Waals surface area contributed by atoms with Gasteiger partial charge in [-0.05, 0) is 40.4 Å². The molecule has 0 unspecified atom stereocenters. The molecule has 43 heavy (non-hydrogen) atoms. The van der Waals surface area contributed by atoms with Crippen LogP contribution < -0.4 is 10.4 Å². The number of benzene rings is 4. The molecule has 0 amide bonds. The molecule has 0 saturated carbocycles. The molecule has 4 heteroatoms. The summed E-state index contributed by atoms with van der Waals surface area (Å²) < 4.78 is 0. The van der Waals surface area contributed by atoms with Crippen molar-refractivity contribution in [2.75, 3.05) is 0 Å². The number of rotatable bonds is 5. The summed E-state index contributed by atoms with van der Waals surface area (Å²) in [5.74, 6) is 2.14. The summed E-state index contributed by atoms with van der Waals surface area (Å²) in [4.78, 5) is 0. The van der Waals surface area contributed by atoms with E-state index in [1.165, 1.54) is 65.7 Å². The van der Waals surface area contributed by atoms with Crippen molar-refractivity contribution in [1.82, 2.24) is 0 Å². The van der Waals surface area contributed by atoms with Crippen molar-refractivity contribution >= 4 is 47.7 Å². The molecule has 2 radical (unpaired) electrons. The second-order valence-corrected chi connectivity index (χ2v) is 17.5. The first kappa shape index (κ1) is 34.1. The third-order valence-corrected chi connectivity index (χ3v) is 9.54. The van der Waals surface area contributed by atoms with Crippen LogP contribution in [-0.2, 0) is 20.8 Å². The van der Waals surface area contributed by atoms with E-state index in [4.69, 9.17) is 17.0 Å². The molecular formula is C39H42Cl2SiZr. The maximum atomic E-state index is 4.93. The number of fused-ring (bicyclic) bond motifs is 4. The van der Waals surface area contributed by atoms with E-state index in [1.54, 1.807) is 0 Å². The van der Waals surface area contributed by atoms with E-state index in [9.17, 15) is 0 Å². The normalized spacial score (nSPS) is 11.7. The van der Waals surface area contributed by atoms with Gasteiger partial charge in [-0.25, -0.2) is 0 Å². The number of hydrogen-bond acceptors (Lipinski definition) is 0. The van der Waals surface area contributed by atoms with Gasteiger partial charge in [-0.1, -0.05) is 120 Å². The minimum Gasteiger partial charge on any atom is -0.184 e. The number of halogens is 2. The van der Waals surface area contributed by atoms with Gasteiger partial charge in [0.2, 0.25) is 0 Å². The Kier molecular flexibility index (Phi) is 12.2. The van der Waals surface area contributed by atoms with E-state index in [2.05, 4.69) is 140 Å². The standard InChI is InChI=1S/C27H35.C12H7Si.2ClH.Zr/c1-16(2)21-12-22(17(3)4)14-24(13-21)27-25(19(7)8)10-9-20-11-23(18(5)6)15-26(20)27;1-3-7-11-9(5-1)10-6-2-4-8-12(10)13-11;;;/h9-19H,1-8H3;1-7H;2*1H;/q2*-1;;;+4/p-2. The first-order valence-corrected chi connectivity index (χ1v) is 22.6. The third-order valence-electron chi connectivity index (χ3n) is 8.17. The van der Waals surface area contributed by atoms with Gasteiger partial charge in [0.15, 0.2) is 0 Å². The van der Waals surface area contributed by atoms with Crippen molar-refractivity contribution in [3.63, 3.8) is 0 Å². The first-order valence-electron chi connectivity index (χ1n) is 15.3. The zero-order chi connectivity index (χ0) is 31.3. The predicted molar refractivity (Wildman–Crippen MR) is 189 cm³/mol. The molecule has 1 aliphatic heterocycles. The summed E-state index contributed by atoms with van der Waals surface area (Å²) in [7, 11) is 10.7. The van der Waals surface area contributed by atoms with Gasteiger partial charge in [0.05, 0.1) is 9.52 Å². The van der Waals surface area contributed by atoms with E-state index < -0.39 is 20.8 Å². The largest absolute Gasteiger partial charge is 0.184 e. The smallest absolute Gasteiger partial charge is 0.0920 e. The van der Waals surface area contributed by atoms with E-state index >= 15 is 0 Å². The van der Waals surface area contributed by atoms with Crippen molar-refractivity contribution in [2.45, 2.75) is 79.1 Å². The molecule has 0 fully saturated rings. The fourth-order valence-electron chi connectivity index (χ4n) is 5.67. The molecule has 0 nitrogen and oxygen atoms in total. The van der Waals surface area contributed by atoms with Crippen molar-refractivity contribution in [3.8, 4) is 22.3 Å². The van der Waals surface area contributed by atoms with E-state index in [0.29, 0.717) is 23.7 Å². The van der Waals surface area contributed by atoms with Crippen LogP contribution in [0.5, 0.6) is 0 Å². The van der Waals surface area contributed by atoms with Crippen LogP contribution >= 0.6 is 17.0 Å². The van der Waals surface area contributed by atoms with Gasteiger partial charge >= 0.3 is 37.9 Å². The summed E-state index contributed by atoms with van der Waals surface area (Å²) in [5.41, 5.74) is 11.4. The average molecular weight is 701 g/mol. The molecule has 0 N–H and O–H groups in total. The van der Waals surface area contributed by atoms with Crippen LogP contribution in [0.3, 0.4) is 0 Å². The Morgan fingerprint density at radius 3 is 1.93 bits per heavy atom. The molecule has 0 spiro atoms. The van der Waals surface area contributed by atoms with Gasteiger partial charge in [0.25, 0.3) is 0 Å². The zero-order valence-electron chi connectivity index (χ0n) is 26.6. The van der Waals surface area contributed by atoms with Gasteiger partial charge in [0.1, 0.15) is 0 Å². The molecule has 0 aromatic heterocycles. The second-order valence-electron chi connectivity index (χ2n) is 12.5. The van der Waals surface area contributed by atoms with E-state index in [1.807, 2.05) is 6.07 Å². The summed E-state index contributed by atoms with van der Waals surface area (Å²) >= 11 is -0.826. The molecule has 1 aliphatic rings. The topological polar surface area (TPSA) is 0 Å². The Morgan fingerprint density at radius 1 is 0.698 bits per heavy atom. The Hall–Kier alpha value is -1.83. The molecule has 0 saturated heterocycles. The van der Waals surface area contributed by atoms with Gasteiger partial charge < -0.3 is 0 Å². The molecule has 5 aromatic rings. The van der Waals surface area contributed by atoms with Crippen LogP contribution in [0.2, 0.25) is 0 Å². The first-order chi connectivity index (χ1) is 20.5. The zero-order valence-corrected chi connectivity index (χ0v) is 31.6. The van der Waals surface area contributed by atoms with E-state index in [0.717, 1.165) is 9.52 Å². The minimum atomic E-state index is -0.826. The van der Waals surface area contributed by atoms with Crippen LogP contribution in [0.1, 0.15) is 101 Å². The quantitative estimate of drug-likeness (QED) is 0.124. The fourth-order valence-corrected chi connectivity index (χ4v) is 6.98. The molecular weight excluding hydrogens is 659 g/mol. The summed E-state index contributed by atoms with van der Waals surface area (Å²) in [6, 6.07) is 34.9.